The second-order valence-corrected chi connectivity index (χ2v) is 9.07. The maximum absolute atomic E-state index is 12.7. The molecule has 28 heavy (non-hydrogen) atoms. The molecule has 0 aliphatic heterocycles. The van der Waals surface area contributed by atoms with Crippen molar-refractivity contribution in [2.24, 2.45) is 4.40 Å². The van der Waals surface area contributed by atoms with E-state index in [0.29, 0.717) is 16.4 Å². The van der Waals surface area contributed by atoms with Crippen molar-refractivity contribution < 1.29 is 12.8 Å². The van der Waals surface area contributed by atoms with Crippen LogP contribution in [0.1, 0.15) is 12.7 Å². The fourth-order valence-electron chi connectivity index (χ4n) is 3.16. The van der Waals surface area contributed by atoms with E-state index in [0.717, 1.165) is 28.0 Å². The summed E-state index contributed by atoms with van der Waals surface area (Å²) >= 11 is 7.15. The second-order valence-electron chi connectivity index (χ2n) is 6.20. The summed E-state index contributed by atoms with van der Waals surface area (Å²) in [5.74, 6) is 0.785. The van der Waals surface area contributed by atoms with Crippen LogP contribution >= 0.6 is 22.9 Å². The van der Waals surface area contributed by atoms with Gasteiger partial charge in [-0.1, -0.05) is 29.8 Å². The smallest absolute Gasteiger partial charge is 0.285 e. The summed E-state index contributed by atoms with van der Waals surface area (Å²) in [4.78, 5) is 0.525. The van der Waals surface area contributed by atoms with Crippen LogP contribution < -0.4 is 4.80 Å². The molecule has 8 heteroatoms. The molecule has 4 rings (SSSR count). The molecule has 5 nitrogen and oxygen atoms in total. The van der Waals surface area contributed by atoms with Gasteiger partial charge in [0, 0.05) is 27.9 Å². The predicted molar refractivity (Wildman–Crippen MR) is 112 cm³/mol. The third kappa shape index (κ3) is 3.30. The SMILES string of the molecule is CCn1c(-c2c(C)oc3ccccc23)cs/c1=N/S(=O)(=O)c1ccc(Cl)cc1. The molecule has 0 radical (unpaired) electrons. The Balaban J connectivity index is 1.90. The standard InChI is InChI=1S/C20H17ClN2O3S2/c1-3-23-17(19-13(2)26-18-7-5-4-6-16(18)19)12-27-20(23)22-28(24,25)15-10-8-14(21)9-11-15/h4-12H,3H2,1-2H3/b22-20+. The summed E-state index contributed by atoms with van der Waals surface area (Å²) in [5.41, 5.74) is 2.65. The summed E-state index contributed by atoms with van der Waals surface area (Å²) in [7, 11) is -3.84. The molecule has 0 N–H and O–H groups in total. The van der Waals surface area contributed by atoms with Gasteiger partial charge in [0.05, 0.1) is 10.6 Å². The van der Waals surface area contributed by atoms with Crippen molar-refractivity contribution >= 4 is 43.9 Å². The van der Waals surface area contributed by atoms with E-state index in [9.17, 15) is 8.42 Å². The number of hydrogen-bond acceptors (Lipinski definition) is 4. The van der Waals surface area contributed by atoms with Gasteiger partial charge in [0.1, 0.15) is 11.3 Å². The van der Waals surface area contributed by atoms with E-state index >= 15 is 0 Å². The number of benzene rings is 2. The average Bonchev–Trinajstić information content (AvgIpc) is 3.20. The first kappa shape index (κ1) is 19.0. The maximum Gasteiger partial charge on any atom is 0.285 e. The minimum Gasteiger partial charge on any atom is -0.461 e. The Bertz CT molecular complexity index is 1330. The Morgan fingerprint density at radius 1 is 1.14 bits per heavy atom. The second kappa shape index (κ2) is 7.24. The predicted octanol–water partition coefficient (Wildman–Crippen LogP) is 5.23. The molecule has 0 amide bonds. The number of sulfonamides is 1. The lowest BCUT2D eigenvalue weighted by Crippen LogP contribution is -2.17. The number of fused-ring (bicyclic) bond motifs is 1. The monoisotopic (exact) mass is 432 g/mol. The van der Waals surface area contributed by atoms with Crippen molar-refractivity contribution in [3.05, 3.63) is 69.5 Å². The Hall–Kier alpha value is -2.35. The van der Waals surface area contributed by atoms with Crippen LogP contribution in [0.4, 0.5) is 0 Å². The minimum atomic E-state index is -3.84. The zero-order valence-corrected chi connectivity index (χ0v) is 17.6. The summed E-state index contributed by atoms with van der Waals surface area (Å²) in [6.45, 7) is 4.45. The zero-order valence-electron chi connectivity index (χ0n) is 15.2. The Labute approximate surface area is 171 Å². The van der Waals surface area contributed by atoms with Crippen LogP contribution in [0, 0.1) is 6.92 Å². The third-order valence-corrected chi connectivity index (χ3v) is 6.96. The summed E-state index contributed by atoms with van der Waals surface area (Å²) in [6.07, 6.45) is 0. The first-order chi connectivity index (χ1) is 13.4. The molecule has 0 atom stereocenters. The molecule has 4 aromatic rings. The normalized spacial score (nSPS) is 12.8. The minimum absolute atomic E-state index is 0.111. The van der Waals surface area contributed by atoms with Gasteiger partial charge in [0.25, 0.3) is 10.0 Å². The highest BCUT2D eigenvalue weighted by molar-refractivity contribution is 7.90. The molecule has 0 saturated carbocycles. The number of aromatic nitrogens is 1. The molecule has 0 aliphatic rings. The molecule has 2 heterocycles. The topological polar surface area (TPSA) is 64.6 Å². The van der Waals surface area contributed by atoms with Crippen LogP contribution in [0.2, 0.25) is 5.02 Å². The van der Waals surface area contributed by atoms with E-state index in [2.05, 4.69) is 4.40 Å². The van der Waals surface area contributed by atoms with Crippen molar-refractivity contribution in [2.75, 3.05) is 0 Å². The van der Waals surface area contributed by atoms with Crippen molar-refractivity contribution in [1.82, 2.24) is 4.57 Å². The number of furan rings is 1. The summed E-state index contributed by atoms with van der Waals surface area (Å²) < 4.78 is 37.3. The van der Waals surface area contributed by atoms with Crippen LogP contribution in [-0.4, -0.2) is 13.0 Å². The van der Waals surface area contributed by atoms with E-state index in [1.807, 2.05) is 48.1 Å². The molecular formula is C20H17ClN2O3S2. The number of para-hydroxylation sites is 1. The Morgan fingerprint density at radius 3 is 2.57 bits per heavy atom. The lowest BCUT2D eigenvalue weighted by Gasteiger charge is -2.06. The first-order valence-corrected chi connectivity index (χ1v) is 11.3. The molecule has 0 saturated heterocycles. The number of halogens is 1. The van der Waals surface area contributed by atoms with Crippen LogP contribution in [0.25, 0.3) is 22.2 Å². The van der Waals surface area contributed by atoms with E-state index in [1.54, 1.807) is 12.1 Å². The van der Waals surface area contributed by atoms with Gasteiger partial charge in [-0.2, -0.15) is 8.42 Å². The molecule has 0 aliphatic carbocycles. The maximum atomic E-state index is 12.7. The van der Waals surface area contributed by atoms with Gasteiger partial charge in [0.2, 0.25) is 4.80 Å². The van der Waals surface area contributed by atoms with Gasteiger partial charge in [-0.05, 0) is 44.2 Å². The molecule has 144 valence electrons. The fourth-order valence-corrected chi connectivity index (χ4v) is 5.46. The largest absolute Gasteiger partial charge is 0.461 e. The fraction of sp³-hybridized carbons (Fsp3) is 0.150. The molecule has 0 spiro atoms. The van der Waals surface area contributed by atoms with Gasteiger partial charge in [-0.25, -0.2) is 0 Å². The van der Waals surface area contributed by atoms with Crippen LogP contribution in [0.5, 0.6) is 0 Å². The molecule has 2 aromatic carbocycles. The summed E-state index contributed by atoms with van der Waals surface area (Å²) in [6, 6.07) is 13.8. The quantitative estimate of drug-likeness (QED) is 0.443. The van der Waals surface area contributed by atoms with Crippen molar-refractivity contribution in [1.29, 1.82) is 0 Å². The van der Waals surface area contributed by atoms with Crippen molar-refractivity contribution in [3.63, 3.8) is 0 Å². The molecule has 0 bridgehead atoms. The van der Waals surface area contributed by atoms with Crippen LogP contribution in [0.3, 0.4) is 0 Å². The Kier molecular flexibility index (Phi) is 4.91. The van der Waals surface area contributed by atoms with Crippen molar-refractivity contribution in [2.45, 2.75) is 25.3 Å². The molecular weight excluding hydrogens is 416 g/mol. The van der Waals surface area contributed by atoms with E-state index in [1.165, 1.54) is 23.5 Å². The number of rotatable bonds is 4. The first-order valence-electron chi connectivity index (χ1n) is 8.64. The highest BCUT2D eigenvalue weighted by Gasteiger charge is 2.18. The van der Waals surface area contributed by atoms with E-state index < -0.39 is 10.0 Å². The van der Waals surface area contributed by atoms with Gasteiger partial charge < -0.3 is 8.98 Å². The number of nitrogens with zero attached hydrogens (tertiary/aromatic N) is 2. The number of hydrogen-bond donors (Lipinski definition) is 0. The van der Waals surface area contributed by atoms with Gasteiger partial charge in [0.15, 0.2) is 0 Å². The number of thiazole rings is 1. The van der Waals surface area contributed by atoms with E-state index in [4.69, 9.17) is 16.0 Å². The third-order valence-electron chi connectivity index (χ3n) is 4.45. The Morgan fingerprint density at radius 2 is 1.86 bits per heavy atom. The molecule has 0 fully saturated rings. The zero-order chi connectivity index (χ0) is 19.9. The lowest BCUT2D eigenvalue weighted by molar-refractivity contribution is 0.579. The number of aryl methyl sites for hydroxylation is 1. The lowest BCUT2D eigenvalue weighted by atomic mass is 10.1. The van der Waals surface area contributed by atoms with E-state index in [-0.39, 0.29) is 4.90 Å². The van der Waals surface area contributed by atoms with Gasteiger partial charge in [-0.15, -0.1) is 15.7 Å². The average molecular weight is 433 g/mol. The summed E-state index contributed by atoms with van der Waals surface area (Å²) in [5, 5.41) is 3.39. The highest BCUT2D eigenvalue weighted by Crippen LogP contribution is 2.34. The van der Waals surface area contributed by atoms with Gasteiger partial charge in [-0.3, -0.25) is 0 Å². The van der Waals surface area contributed by atoms with Crippen molar-refractivity contribution in [3.8, 4) is 11.3 Å². The molecule has 0 unspecified atom stereocenters. The van der Waals surface area contributed by atoms with Gasteiger partial charge >= 0.3 is 0 Å². The highest BCUT2D eigenvalue weighted by atomic mass is 35.5. The van der Waals surface area contributed by atoms with Crippen LogP contribution in [-0.2, 0) is 16.6 Å². The molecule has 2 aromatic heterocycles. The van der Waals surface area contributed by atoms with Crippen LogP contribution in [0.15, 0.2) is 67.6 Å².